The van der Waals surface area contributed by atoms with Crippen molar-refractivity contribution >= 4 is 46.9 Å². The van der Waals surface area contributed by atoms with E-state index in [-0.39, 0.29) is 11.6 Å². The van der Waals surface area contributed by atoms with Crippen LogP contribution in [0.4, 0.5) is 11.4 Å². The highest BCUT2D eigenvalue weighted by atomic mass is 32.2. The number of amides is 3. The normalized spacial score (nSPS) is 11.6. The zero-order chi connectivity index (χ0) is 32.1. The molecule has 8 nitrogen and oxygen atoms in total. The topological polar surface area (TPSA) is 109 Å². The predicted octanol–water partition coefficient (Wildman–Crippen LogP) is 7.36. The minimum absolute atomic E-state index is 0.0398. The number of para-hydroxylation sites is 1. The summed E-state index contributed by atoms with van der Waals surface area (Å²) in [7, 11) is 0. The van der Waals surface area contributed by atoms with Crippen molar-refractivity contribution in [3.05, 3.63) is 156 Å². The van der Waals surface area contributed by atoms with Crippen LogP contribution in [-0.2, 0) is 9.59 Å². The van der Waals surface area contributed by atoms with Gasteiger partial charge in [0.2, 0.25) is 5.91 Å². The van der Waals surface area contributed by atoms with Crippen LogP contribution in [0.5, 0.6) is 5.75 Å². The second-order valence-corrected chi connectivity index (χ2v) is 11.1. The van der Waals surface area contributed by atoms with Crippen molar-refractivity contribution < 1.29 is 19.1 Å². The van der Waals surface area contributed by atoms with Gasteiger partial charge in [0.15, 0.2) is 0 Å². The number of carbonyl (C=O) groups excluding carboxylic acids is 3. The second-order valence-electron chi connectivity index (χ2n) is 9.96. The van der Waals surface area contributed by atoms with Gasteiger partial charge in [-0.05, 0) is 67.1 Å². The van der Waals surface area contributed by atoms with E-state index in [1.165, 1.54) is 11.8 Å². The maximum Gasteiger partial charge on any atom is 0.272 e. The SMILES string of the molecule is CCOc1ccccc1/C=C(/NC(=O)c1ccccc1)C(=O)Nc1cccc(SC(C(=O)Nc2ccncc2)c2ccccc2)c1. The number of rotatable bonds is 12. The molecule has 5 rings (SSSR count). The standard InChI is InChI=1S/C37H32N4O4S/c1-2-45-33-19-10-9-16-28(33)24-32(41-35(42)27-14-7-4-8-15-27)36(43)40-30-17-11-18-31(25-30)46-34(26-12-5-3-6-13-26)37(44)39-29-20-22-38-23-21-29/h3-25,34H,2H2,1H3,(H,40,43)(H,41,42)(H,38,39,44)/b32-24+. The molecule has 1 atom stereocenters. The molecule has 230 valence electrons. The van der Waals surface area contributed by atoms with Crippen molar-refractivity contribution in [3.8, 4) is 5.75 Å². The Balaban J connectivity index is 1.39. The number of benzene rings is 4. The summed E-state index contributed by atoms with van der Waals surface area (Å²) in [5.74, 6) is -0.558. The Kier molecular flexibility index (Phi) is 11.0. The third-order valence-electron chi connectivity index (χ3n) is 6.68. The molecule has 0 radical (unpaired) electrons. The summed E-state index contributed by atoms with van der Waals surface area (Å²) >= 11 is 1.36. The van der Waals surface area contributed by atoms with E-state index in [0.717, 1.165) is 10.5 Å². The molecule has 46 heavy (non-hydrogen) atoms. The number of nitrogens with zero attached hydrogens (tertiary/aromatic N) is 1. The van der Waals surface area contributed by atoms with Crippen molar-refractivity contribution in [1.82, 2.24) is 10.3 Å². The van der Waals surface area contributed by atoms with E-state index < -0.39 is 17.1 Å². The molecular formula is C37H32N4O4S. The van der Waals surface area contributed by atoms with Gasteiger partial charge in [-0.1, -0.05) is 72.8 Å². The molecule has 0 aliphatic heterocycles. The number of ether oxygens (including phenoxy) is 1. The van der Waals surface area contributed by atoms with Crippen molar-refractivity contribution in [3.63, 3.8) is 0 Å². The number of hydrogen-bond donors (Lipinski definition) is 3. The van der Waals surface area contributed by atoms with E-state index in [1.54, 1.807) is 79.1 Å². The zero-order valence-corrected chi connectivity index (χ0v) is 25.9. The first-order chi connectivity index (χ1) is 22.5. The highest BCUT2D eigenvalue weighted by Gasteiger charge is 2.23. The molecule has 4 aromatic carbocycles. The maximum atomic E-state index is 13.7. The van der Waals surface area contributed by atoms with Crippen LogP contribution >= 0.6 is 11.8 Å². The van der Waals surface area contributed by atoms with Crippen LogP contribution < -0.4 is 20.7 Å². The molecule has 0 aliphatic carbocycles. The third-order valence-corrected chi connectivity index (χ3v) is 7.93. The highest BCUT2D eigenvalue weighted by molar-refractivity contribution is 8.00. The summed E-state index contributed by atoms with van der Waals surface area (Å²) in [6.07, 6.45) is 4.83. The Morgan fingerprint density at radius 2 is 1.48 bits per heavy atom. The second kappa shape index (κ2) is 15.9. The molecule has 3 N–H and O–H groups in total. The molecule has 0 saturated carbocycles. The summed E-state index contributed by atoms with van der Waals surface area (Å²) in [4.78, 5) is 45.0. The van der Waals surface area contributed by atoms with Gasteiger partial charge in [-0.2, -0.15) is 0 Å². The lowest BCUT2D eigenvalue weighted by atomic mass is 10.1. The minimum atomic E-state index is -0.573. The van der Waals surface area contributed by atoms with Crippen LogP contribution in [0.2, 0.25) is 0 Å². The Bertz CT molecular complexity index is 1820. The van der Waals surface area contributed by atoms with Crippen LogP contribution in [0.3, 0.4) is 0 Å². The number of hydrogen-bond acceptors (Lipinski definition) is 6. The maximum absolute atomic E-state index is 13.7. The summed E-state index contributed by atoms with van der Waals surface area (Å²) in [6, 6.07) is 36.1. The molecule has 0 bridgehead atoms. The lowest BCUT2D eigenvalue weighted by Gasteiger charge is -2.18. The molecule has 5 aromatic rings. The summed E-state index contributed by atoms with van der Waals surface area (Å²) in [6.45, 7) is 2.32. The molecule has 0 fully saturated rings. The molecule has 0 saturated heterocycles. The van der Waals surface area contributed by atoms with Crippen molar-refractivity contribution in [2.45, 2.75) is 17.1 Å². The number of aromatic nitrogens is 1. The van der Waals surface area contributed by atoms with Crippen LogP contribution in [0.15, 0.2) is 144 Å². The Labute approximate surface area is 271 Å². The average molecular weight is 629 g/mol. The van der Waals surface area contributed by atoms with E-state index in [0.29, 0.717) is 34.9 Å². The number of carbonyl (C=O) groups is 3. The van der Waals surface area contributed by atoms with E-state index >= 15 is 0 Å². The zero-order valence-electron chi connectivity index (χ0n) is 25.1. The summed E-state index contributed by atoms with van der Waals surface area (Å²) < 4.78 is 5.74. The first-order valence-electron chi connectivity index (χ1n) is 14.6. The molecule has 1 heterocycles. The number of pyridine rings is 1. The number of nitrogens with one attached hydrogen (secondary N) is 3. The van der Waals surface area contributed by atoms with Crippen LogP contribution in [0.1, 0.15) is 33.7 Å². The fraction of sp³-hybridized carbons (Fsp3) is 0.0811. The first kappa shape index (κ1) is 31.7. The van der Waals surface area contributed by atoms with Gasteiger partial charge in [0.1, 0.15) is 16.7 Å². The van der Waals surface area contributed by atoms with Gasteiger partial charge in [0.25, 0.3) is 11.8 Å². The average Bonchev–Trinajstić information content (AvgIpc) is 3.09. The Morgan fingerprint density at radius 1 is 0.783 bits per heavy atom. The van der Waals surface area contributed by atoms with E-state index in [1.807, 2.05) is 67.6 Å². The van der Waals surface area contributed by atoms with Crippen molar-refractivity contribution in [1.29, 1.82) is 0 Å². The Hall–Kier alpha value is -5.67. The lowest BCUT2D eigenvalue weighted by Crippen LogP contribution is -2.30. The molecule has 1 unspecified atom stereocenters. The van der Waals surface area contributed by atoms with E-state index in [2.05, 4.69) is 20.9 Å². The van der Waals surface area contributed by atoms with Crippen LogP contribution in [0.25, 0.3) is 6.08 Å². The first-order valence-corrected chi connectivity index (χ1v) is 15.5. The van der Waals surface area contributed by atoms with Crippen LogP contribution in [-0.4, -0.2) is 29.3 Å². The van der Waals surface area contributed by atoms with Gasteiger partial charge < -0.3 is 20.7 Å². The highest BCUT2D eigenvalue weighted by Crippen LogP contribution is 2.37. The van der Waals surface area contributed by atoms with Crippen molar-refractivity contribution in [2.75, 3.05) is 17.2 Å². The van der Waals surface area contributed by atoms with Crippen LogP contribution in [0, 0.1) is 0 Å². The van der Waals surface area contributed by atoms with Gasteiger partial charge in [-0.3, -0.25) is 19.4 Å². The fourth-order valence-electron chi connectivity index (χ4n) is 4.51. The smallest absolute Gasteiger partial charge is 0.272 e. The van der Waals surface area contributed by atoms with Crippen molar-refractivity contribution in [2.24, 2.45) is 0 Å². The molecular weight excluding hydrogens is 596 g/mol. The lowest BCUT2D eigenvalue weighted by molar-refractivity contribution is -0.116. The third kappa shape index (κ3) is 8.71. The molecule has 9 heteroatoms. The van der Waals surface area contributed by atoms with Gasteiger partial charge in [0.05, 0.1) is 6.61 Å². The fourth-order valence-corrected chi connectivity index (χ4v) is 5.59. The molecule has 0 aliphatic rings. The predicted molar refractivity (Wildman–Crippen MR) is 182 cm³/mol. The molecule has 3 amide bonds. The minimum Gasteiger partial charge on any atom is -0.493 e. The molecule has 0 spiro atoms. The van der Waals surface area contributed by atoms with Gasteiger partial charge in [-0.15, -0.1) is 11.8 Å². The molecule has 1 aromatic heterocycles. The summed E-state index contributed by atoms with van der Waals surface area (Å²) in [5, 5.41) is 8.07. The number of anilines is 2. The quantitative estimate of drug-likeness (QED) is 0.0984. The monoisotopic (exact) mass is 628 g/mol. The van der Waals surface area contributed by atoms with Gasteiger partial charge in [0, 0.05) is 39.8 Å². The van der Waals surface area contributed by atoms with E-state index in [9.17, 15) is 14.4 Å². The number of thioether (sulfide) groups is 1. The largest absolute Gasteiger partial charge is 0.493 e. The van der Waals surface area contributed by atoms with Gasteiger partial charge >= 0.3 is 0 Å². The Morgan fingerprint density at radius 3 is 2.22 bits per heavy atom. The van der Waals surface area contributed by atoms with E-state index in [4.69, 9.17) is 4.74 Å². The summed E-state index contributed by atoms with van der Waals surface area (Å²) in [5.41, 5.74) is 3.06. The van der Waals surface area contributed by atoms with Gasteiger partial charge in [-0.25, -0.2) is 0 Å².